The highest BCUT2D eigenvalue weighted by molar-refractivity contribution is 5.91. The summed E-state index contributed by atoms with van der Waals surface area (Å²) in [5.74, 6) is -0.969. The van der Waals surface area contributed by atoms with E-state index < -0.39 is 5.97 Å². The monoisotopic (exact) mass is 274 g/mol. The third-order valence-corrected chi connectivity index (χ3v) is 3.42. The Labute approximate surface area is 117 Å². The summed E-state index contributed by atoms with van der Waals surface area (Å²) < 4.78 is 0. The molecular formula is C15H18N2O3. The van der Waals surface area contributed by atoms with Crippen molar-refractivity contribution in [3.8, 4) is 0 Å². The fourth-order valence-electron chi connectivity index (χ4n) is 2.28. The molecule has 1 aromatic heterocycles. The molecule has 106 valence electrons. The number of carboxylic acid groups (broad SMARTS) is 1. The van der Waals surface area contributed by atoms with Gasteiger partial charge < -0.3 is 15.0 Å². The molecule has 0 fully saturated rings. The van der Waals surface area contributed by atoms with Crippen molar-refractivity contribution >= 4 is 22.8 Å². The van der Waals surface area contributed by atoms with E-state index in [1.54, 1.807) is 7.05 Å². The minimum atomic E-state index is -0.896. The number of nitrogens with one attached hydrogen (secondary N) is 1. The number of aromatic nitrogens is 1. The molecule has 0 radical (unpaired) electrons. The van der Waals surface area contributed by atoms with Gasteiger partial charge in [0.15, 0.2) is 0 Å². The lowest BCUT2D eigenvalue weighted by atomic mass is 10.1. The average molecular weight is 274 g/mol. The van der Waals surface area contributed by atoms with E-state index in [1.807, 2.05) is 31.3 Å². The van der Waals surface area contributed by atoms with Crippen LogP contribution >= 0.6 is 0 Å². The third-order valence-electron chi connectivity index (χ3n) is 3.42. The molecule has 0 saturated carbocycles. The van der Waals surface area contributed by atoms with Crippen LogP contribution in [0, 0.1) is 6.92 Å². The highest BCUT2D eigenvalue weighted by Crippen LogP contribution is 2.22. The Balaban J connectivity index is 2.12. The molecular weight excluding hydrogens is 256 g/mol. The van der Waals surface area contributed by atoms with Crippen molar-refractivity contribution in [2.75, 3.05) is 13.6 Å². The Kier molecular flexibility index (Phi) is 4.08. The quantitative estimate of drug-likeness (QED) is 0.875. The predicted octanol–water partition coefficient (Wildman–Crippen LogP) is 1.95. The third kappa shape index (κ3) is 2.99. The number of rotatable bonds is 5. The molecule has 0 bridgehead atoms. The first-order chi connectivity index (χ1) is 9.49. The van der Waals surface area contributed by atoms with E-state index in [2.05, 4.69) is 4.98 Å². The number of likely N-dealkylation sites (N-methyl/N-ethyl adjacent to an activating group) is 1. The molecule has 0 aliphatic rings. The van der Waals surface area contributed by atoms with E-state index in [0.29, 0.717) is 0 Å². The summed E-state index contributed by atoms with van der Waals surface area (Å²) in [7, 11) is 1.63. The van der Waals surface area contributed by atoms with Gasteiger partial charge in [-0.1, -0.05) is 12.1 Å². The fraction of sp³-hybridized carbons (Fsp3) is 0.333. The maximum absolute atomic E-state index is 12.1. The number of nitrogens with zero attached hydrogens (tertiary/aromatic N) is 1. The van der Waals surface area contributed by atoms with Gasteiger partial charge in [0.2, 0.25) is 5.91 Å². The van der Waals surface area contributed by atoms with Crippen LogP contribution in [0.2, 0.25) is 0 Å². The van der Waals surface area contributed by atoms with Gasteiger partial charge in [0.05, 0.1) is 12.8 Å². The number of aliphatic carboxylic acids is 1. The van der Waals surface area contributed by atoms with Gasteiger partial charge in [-0.3, -0.25) is 9.59 Å². The van der Waals surface area contributed by atoms with E-state index in [1.165, 1.54) is 4.90 Å². The highest BCUT2D eigenvalue weighted by Gasteiger charge is 2.14. The minimum absolute atomic E-state index is 0.0326. The Hall–Kier alpha value is -2.30. The van der Waals surface area contributed by atoms with Crippen molar-refractivity contribution < 1.29 is 14.7 Å². The van der Waals surface area contributed by atoms with E-state index in [-0.39, 0.29) is 25.3 Å². The number of carboxylic acids is 1. The predicted molar refractivity (Wildman–Crippen MR) is 76.6 cm³/mol. The van der Waals surface area contributed by atoms with Crippen molar-refractivity contribution in [2.45, 2.75) is 19.8 Å². The number of carbonyl (C=O) groups excluding carboxylic acids is 1. The van der Waals surface area contributed by atoms with Crippen LogP contribution in [0.5, 0.6) is 0 Å². The second-order valence-electron chi connectivity index (χ2n) is 4.95. The molecule has 0 unspecified atom stereocenters. The van der Waals surface area contributed by atoms with E-state index in [0.717, 1.165) is 22.0 Å². The number of H-pyrrole nitrogens is 1. The van der Waals surface area contributed by atoms with Gasteiger partial charge >= 0.3 is 5.97 Å². The SMILES string of the molecule is Cc1cccc2[nH]cc(CC(=O)N(C)CCC(=O)O)c12. The van der Waals surface area contributed by atoms with Crippen molar-refractivity contribution in [1.29, 1.82) is 0 Å². The molecule has 0 aliphatic heterocycles. The van der Waals surface area contributed by atoms with Gasteiger partial charge in [-0.25, -0.2) is 0 Å². The van der Waals surface area contributed by atoms with Crippen LogP contribution in [0.1, 0.15) is 17.5 Å². The standard InChI is InChI=1S/C15H18N2O3/c1-10-4-3-5-12-15(10)11(9-16-12)8-13(18)17(2)7-6-14(19)20/h3-5,9,16H,6-8H2,1-2H3,(H,19,20). The molecule has 0 spiro atoms. The number of amides is 1. The summed E-state index contributed by atoms with van der Waals surface area (Å²) in [4.78, 5) is 27.2. The lowest BCUT2D eigenvalue weighted by Crippen LogP contribution is -2.30. The summed E-state index contributed by atoms with van der Waals surface area (Å²) in [5, 5.41) is 9.71. The maximum Gasteiger partial charge on any atom is 0.305 e. The van der Waals surface area contributed by atoms with Crippen molar-refractivity contribution in [3.63, 3.8) is 0 Å². The second-order valence-corrected chi connectivity index (χ2v) is 4.95. The van der Waals surface area contributed by atoms with Crippen LogP contribution in [-0.2, 0) is 16.0 Å². The topological polar surface area (TPSA) is 73.4 Å². The Bertz CT molecular complexity index is 646. The molecule has 1 amide bonds. The highest BCUT2D eigenvalue weighted by atomic mass is 16.4. The lowest BCUT2D eigenvalue weighted by Gasteiger charge is -2.15. The van der Waals surface area contributed by atoms with Crippen molar-refractivity contribution in [2.24, 2.45) is 0 Å². The summed E-state index contributed by atoms with van der Waals surface area (Å²) >= 11 is 0. The van der Waals surface area contributed by atoms with Gasteiger partial charge in [-0.15, -0.1) is 0 Å². The normalized spacial score (nSPS) is 10.7. The Morgan fingerprint density at radius 3 is 2.80 bits per heavy atom. The molecule has 0 saturated heterocycles. The van der Waals surface area contributed by atoms with Gasteiger partial charge in [-0.2, -0.15) is 0 Å². The molecule has 2 aromatic rings. The van der Waals surface area contributed by atoms with Gasteiger partial charge in [0.25, 0.3) is 0 Å². The first-order valence-corrected chi connectivity index (χ1v) is 6.50. The molecule has 0 atom stereocenters. The molecule has 1 aromatic carbocycles. The molecule has 0 aliphatic carbocycles. The summed E-state index contributed by atoms with van der Waals surface area (Å²) in [6.07, 6.45) is 2.09. The van der Waals surface area contributed by atoms with Crippen LogP contribution in [0.15, 0.2) is 24.4 Å². The number of aromatic amines is 1. The van der Waals surface area contributed by atoms with Crippen LogP contribution in [-0.4, -0.2) is 40.5 Å². The first kappa shape index (κ1) is 14.1. The zero-order valence-electron chi connectivity index (χ0n) is 11.6. The number of hydrogen-bond acceptors (Lipinski definition) is 2. The van der Waals surface area contributed by atoms with Gasteiger partial charge in [0, 0.05) is 30.7 Å². The number of aryl methyl sites for hydroxylation is 1. The van der Waals surface area contributed by atoms with E-state index >= 15 is 0 Å². The summed E-state index contributed by atoms with van der Waals surface area (Å²) in [6.45, 7) is 2.24. The van der Waals surface area contributed by atoms with E-state index in [9.17, 15) is 9.59 Å². The molecule has 5 heteroatoms. The lowest BCUT2D eigenvalue weighted by molar-refractivity contribution is -0.138. The average Bonchev–Trinajstić information content (AvgIpc) is 2.80. The van der Waals surface area contributed by atoms with Crippen LogP contribution in [0.4, 0.5) is 0 Å². The van der Waals surface area contributed by atoms with Gasteiger partial charge in [-0.05, 0) is 24.1 Å². The minimum Gasteiger partial charge on any atom is -0.481 e. The van der Waals surface area contributed by atoms with Crippen LogP contribution < -0.4 is 0 Å². The van der Waals surface area contributed by atoms with Crippen LogP contribution in [0.25, 0.3) is 10.9 Å². The Morgan fingerprint density at radius 2 is 2.10 bits per heavy atom. The molecule has 1 heterocycles. The molecule has 2 N–H and O–H groups in total. The zero-order valence-corrected chi connectivity index (χ0v) is 11.6. The number of hydrogen-bond donors (Lipinski definition) is 2. The smallest absolute Gasteiger partial charge is 0.305 e. The van der Waals surface area contributed by atoms with Crippen molar-refractivity contribution in [1.82, 2.24) is 9.88 Å². The number of carbonyl (C=O) groups is 2. The maximum atomic E-state index is 12.1. The summed E-state index contributed by atoms with van der Waals surface area (Å²) in [6, 6.07) is 5.96. The first-order valence-electron chi connectivity index (χ1n) is 6.50. The molecule has 20 heavy (non-hydrogen) atoms. The molecule has 5 nitrogen and oxygen atoms in total. The van der Waals surface area contributed by atoms with Crippen molar-refractivity contribution in [3.05, 3.63) is 35.5 Å². The van der Waals surface area contributed by atoms with E-state index in [4.69, 9.17) is 5.11 Å². The van der Waals surface area contributed by atoms with Gasteiger partial charge in [0.1, 0.15) is 0 Å². The van der Waals surface area contributed by atoms with Crippen LogP contribution in [0.3, 0.4) is 0 Å². The largest absolute Gasteiger partial charge is 0.481 e. The zero-order chi connectivity index (χ0) is 14.7. The Morgan fingerprint density at radius 1 is 1.35 bits per heavy atom. The number of benzene rings is 1. The molecule has 2 rings (SSSR count). The fourth-order valence-corrected chi connectivity index (χ4v) is 2.28. The number of fused-ring (bicyclic) bond motifs is 1. The second kappa shape index (κ2) is 5.77. The summed E-state index contributed by atoms with van der Waals surface area (Å²) in [5.41, 5.74) is 3.09.